The van der Waals surface area contributed by atoms with Gasteiger partial charge in [0, 0.05) is 12.0 Å². The maximum Gasteiger partial charge on any atom is 0.145 e. The highest BCUT2D eigenvalue weighted by Gasteiger charge is 2.52. The Morgan fingerprint density at radius 1 is 1.09 bits per heavy atom. The SMILES string of the molecule is CC(C)=CCCC(C)=CC(O)CC(C)=CCCC1(C)C(CCCO)C(=C(C)C=O)CCC1(C)O. The summed E-state index contributed by atoms with van der Waals surface area (Å²) in [6.45, 7) is 14.4. The highest BCUT2D eigenvalue weighted by molar-refractivity contribution is 5.74. The Bertz CT molecular complexity index is 780. The topological polar surface area (TPSA) is 77.8 Å². The van der Waals surface area contributed by atoms with E-state index in [1.807, 2.05) is 19.9 Å². The maximum atomic E-state index is 11.6. The maximum absolute atomic E-state index is 11.6. The summed E-state index contributed by atoms with van der Waals surface area (Å²) >= 11 is 0. The van der Waals surface area contributed by atoms with Crippen molar-refractivity contribution in [3.8, 4) is 0 Å². The number of carbonyl (C=O) groups is 1. The molecule has 4 nitrogen and oxygen atoms in total. The lowest BCUT2D eigenvalue weighted by Gasteiger charge is -2.53. The zero-order valence-corrected chi connectivity index (χ0v) is 22.8. The number of aldehydes is 1. The molecule has 4 heteroatoms. The molecule has 194 valence electrons. The highest BCUT2D eigenvalue weighted by Crippen LogP contribution is 2.55. The van der Waals surface area contributed by atoms with Gasteiger partial charge in [-0.05, 0) is 111 Å². The van der Waals surface area contributed by atoms with Crippen LogP contribution >= 0.6 is 0 Å². The van der Waals surface area contributed by atoms with Crippen LogP contribution in [-0.4, -0.2) is 39.9 Å². The summed E-state index contributed by atoms with van der Waals surface area (Å²) < 4.78 is 0. The van der Waals surface area contributed by atoms with Crippen LogP contribution in [0.5, 0.6) is 0 Å². The fourth-order valence-electron chi connectivity index (χ4n) is 5.47. The van der Waals surface area contributed by atoms with Gasteiger partial charge in [0.1, 0.15) is 6.29 Å². The van der Waals surface area contributed by atoms with Gasteiger partial charge in [0.05, 0.1) is 11.7 Å². The van der Waals surface area contributed by atoms with Gasteiger partial charge in [0.2, 0.25) is 0 Å². The minimum absolute atomic E-state index is 0.0688. The van der Waals surface area contributed by atoms with Crippen LogP contribution in [0.3, 0.4) is 0 Å². The molecule has 0 amide bonds. The zero-order chi connectivity index (χ0) is 25.9. The van der Waals surface area contributed by atoms with Crippen molar-refractivity contribution in [3.05, 3.63) is 46.1 Å². The average Bonchev–Trinajstić information content (AvgIpc) is 2.73. The molecule has 0 aromatic carbocycles. The van der Waals surface area contributed by atoms with E-state index in [9.17, 15) is 20.1 Å². The summed E-state index contributed by atoms with van der Waals surface area (Å²) in [6, 6.07) is 0. The summed E-state index contributed by atoms with van der Waals surface area (Å²) in [6.07, 6.45) is 13.8. The lowest BCUT2D eigenvalue weighted by Crippen LogP contribution is -2.52. The van der Waals surface area contributed by atoms with Crippen LogP contribution in [-0.2, 0) is 4.79 Å². The fourth-order valence-corrected chi connectivity index (χ4v) is 5.47. The Balaban J connectivity index is 2.91. The van der Waals surface area contributed by atoms with E-state index in [-0.39, 0.29) is 12.5 Å². The molecule has 0 aromatic heterocycles. The lowest BCUT2D eigenvalue weighted by atomic mass is 9.54. The van der Waals surface area contributed by atoms with Crippen LogP contribution in [0.25, 0.3) is 0 Å². The number of hydrogen-bond acceptors (Lipinski definition) is 4. The number of hydrogen-bond donors (Lipinski definition) is 3. The Labute approximate surface area is 208 Å². The van der Waals surface area contributed by atoms with E-state index in [0.29, 0.717) is 19.3 Å². The minimum Gasteiger partial charge on any atom is -0.396 e. The van der Waals surface area contributed by atoms with Gasteiger partial charge < -0.3 is 15.3 Å². The van der Waals surface area contributed by atoms with Crippen LogP contribution in [0.4, 0.5) is 0 Å². The van der Waals surface area contributed by atoms with Crippen LogP contribution in [0.15, 0.2) is 46.1 Å². The lowest BCUT2D eigenvalue weighted by molar-refractivity contribution is -0.115. The van der Waals surface area contributed by atoms with E-state index in [0.717, 1.165) is 61.5 Å². The molecule has 1 aliphatic carbocycles. The van der Waals surface area contributed by atoms with Crippen LogP contribution in [0, 0.1) is 11.3 Å². The third-order valence-corrected chi connectivity index (χ3v) is 7.89. The molecular formula is C30H50O4. The van der Waals surface area contributed by atoms with Crippen molar-refractivity contribution >= 4 is 6.29 Å². The predicted octanol–water partition coefficient (Wildman–Crippen LogP) is 6.61. The summed E-state index contributed by atoms with van der Waals surface area (Å²) in [4.78, 5) is 11.6. The molecule has 0 aromatic rings. The molecule has 1 saturated carbocycles. The first-order chi connectivity index (χ1) is 15.9. The quantitative estimate of drug-likeness (QED) is 0.159. The predicted molar refractivity (Wildman–Crippen MR) is 143 cm³/mol. The molecular weight excluding hydrogens is 424 g/mol. The number of aliphatic hydroxyl groups excluding tert-OH is 2. The normalized spacial score (nSPS) is 28.5. The van der Waals surface area contributed by atoms with E-state index in [4.69, 9.17) is 0 Å². The Hall–Kier alpha value is -1.49. The number of rotatable bonds is 13. The number of allylic oxidation sites excluding steroid dienone is 6. The van der Waals surface area contributed by atoms with Gasteiger partial charge in [-0.15, -0.1) is 0 Å². The molecule has 0 radical (unpaired) electrons. The Kier molecular flexibility index (Phi) is 12.7. The van der Waals surface area contributed by atoms with Crippen molar-refractivity contribution in [2.45, 2.75) is 118 Å². The monoisotopic (exact) mass is 474 g/mol. The molecule has 1 aliphatic rings. The van der Waals surface area contributed by atoms with Gasteiger partial charge >= 0.3 is 0 Å². The van der Waals surface area contributed by atoms with E-state index >= 15 is 0 Å². The second-order valence-corrected chi connectivity index (χ2v) is 11.1. The van der Waals surface area contributed by atoms with Crippen molar-refractivity contribution in [1.82, 2.24) is 0 Å². The second kappa shape index (κ2) is 14.2. The molecule has 0 heterocycles. The second-order valence-electron chi connectivity index (χ2n) is 11.1. The number of aliphatic hydroxyl groups is 3. The van der Waals surface area contributed by atoms with E-state index in [2.05, 4.69) is 46.8 Å². The zero-order valence-electron chi connectivity index (χ0n) is 22.8. The number of carbonyl (C=O) groups excluding carboxylic acids is 1. The molecule has 0 bridgehead atoms. The molecule has 1 rings (SSSR count). The van der Waals surface area contributed by atoms with Crippen LogP contribution in [0.2, 0.25) is 0 Å². The van der Waals surface area contributed by atoms with Crippen molar-refractivity contribution in [1.29, 1.82) is 0 Å². The van der Waals surface area contributed by atoms with Crippen molar-refractivity contribution in [2.75, 3.05) is 6.61 Å². The van der Waals surface area contributed by atoms with Gasteiger partial charge in [-0.3, -0.25) is 4.79 Å². The van der Waals surface area contributed by atoms with Crippen molar-refractivity contribution in [2.24, 2.45) is 11.3 Å². The first-order valence-corrected chi connectivity index (χ1v) is 13.0. The molecule has 4 unspecified atom stereocenters. The van der Waals surface area contributed by atoms with Gasteiger partial charge in [0.25, 0.3) is 0 Å². The summed E-state index contributed by atoms with van der Waals surface area (Å²) in [5, 5.41) is 31.4. The highest BCUT2D eigenvalue weighted by atomic mass is 16.3. The van der Waals surface area contributed by atoms with Gasteiger partial charge in [0.15, 0.2) is 0 Å². The average molecular weight is 475 g/mol. The van der Waals surface area contributed by atoms with Crippen molar-refractivity contribution in [3.63, 3.8) is 0 Å². The van der Waals surface area contributed by atoms with Crippen molar-refractivity contribution < 1.29 is 20.1 Å². The molecule has 1 fully saturated rings. The summed E-state index contributed by atoms with van der Waals surface area (Å²) in [5.41, 5.74) is 4.35. The first kappa shape index (κ1) is 30.5. The largest absolute Gasteiger partial charge is 0.396 e. The molecule has 3 N–H and O–H groups in total. The first-order valence-electron chi connectivity index (χ1n) is 13.0. The third-order valence-electron chi connectivity index (χ3n) is 7.89. The van der Waals surface area contributed by atoms with Crippen LogP contribution in [0.1, 0.15) is 106 Å². The Morgan fingerprint density at radius 3 is 2.35 bits per heavy atom. The standard InChI is InChI=1S/C30H50O4/c1-22(2)11-8-12-23(3)19-26(33)20-24(4)13-9-16-29(6)28(14-10-18-31)27(25(5)21-32)15-17-30(29,7)34/h11,13,19,21,26,28,31,33-34H,8-10,12,14-18,20H2,1-7H3. The molecule has 0 spiro atoms. The third kappa shape index (κ3) is 8.94. The van der Waals surface area contributed by atoms with Gasteiger partial charge in [-0.2, -0.15) is 0 Å². The smallest absolute Gasteiger partial charge is 0.145 e. The van der Waals surface area contributed by atoms with E-state index in [1.165, 1.54) is 11.1 Å². The summed E-state index contributed by atoms with van der Waals surface area (Å²) in [7, 11) is 0. The summed E-state index contributed by atoms with van der Waals surface area (Å²) in [5.74, 6) is 0.0688. The van der Waals surface area contributed by atoms with Gasteiger partial charge in [-0.1, -0.05) is 47.4 Å². The van der Waals surface area contributed by atoms with Gasteiger partial charge in [-0.25, -0.2) is 0 Å². The van der Waals surface area contributed by atoms with E-state index < -0.39 is 17.1 Å². The van der Waals surface area contributed by atoms with E-state index in [1.54, 1.807) is 0 Å². The molecule has 4 atom stereocenters. The molecule has 34 heavy (non-hydrogen) atoms. The Morgan fingerprint density at radius 2 is 1.76 bits per heavy atom. The molecule has 0 aliphatic heterocycles. The molecule has 0 saturated heterocycles. The van der Waals surface area contributed by atoms with Crippen LogP contribution < -0.4 is 0 Å². The minimum atomic E-state index is -0.841. The fraction of sp³-hybridized carbons (Fsp3) is 0.700.